The lowest BCUT2D eigenvalue weighted by Gasteiger charge is -2.08. The Morgan fingerprint density at radius 1 is 1.62 bits per heavy atom. The maximum absolute atomic E-state index is 11.5. The van der Waals surface area contributed by atoms with Crippen LogP contribution >= 0.6 is 12.2 Å². The van der Waals surface area contributed by atoms with Gasteiger partial charge in [-0.2, -0.15) is 0 Å². The lowest BCUT2D eigenvalue weighted by atomic mass is 10.3. The van der Waals surface area contributed by atoms with Crippen LogP contribution in [0.25, 0.3) is 0 Å². The van der Waals surface area contributed by atoms with E-state index in [2.05, 4.69) is 12.2 Å². The SMILES string of the molecule is CCCCNC(=O)Cn1cccc1C(N)=S. The van der Waals surface area contributed by atoms with Gasteiger partial charge in [-0.05, 0) is 18.6 Å². The predicted octanol–water partition coefficient (Wildman–Crippen LogP) is 1.04. The van der Waals surface area contributed by atoms with Crippen molar-refractivity contribution >= 4 is 23.1 Å². The number of carbonyl (C=O) groups is 1. The summed E-state index contributed by atoms with van der Waals surface area (Å²) in [6.07, 6.45) is 3.87. The van der Waals surface area contributed by atoms with Crippen molar-refractivity contribution in [3.8, 4) is 0 Å². The van der Waals surface area contributed by atoms with E-state index in [1.807, 2.05) is 12.1 Å². The minimum atomic E-state index is -0.0119. The first-order chi connectivity index (χ1) is 7.65. The molecule has 1 rings (SSSR count). The molecule has 16 heavy (non-hydrogen) atoms. The Morgan fingerprint density at radius 2 is 2.38 bits per heavy atom. The van der Waals surface area contributed by atoms with Gasteiger partial charge in [0.05, 0.1) is 5.69 Å². The van der Waals surface area contributed by atoms with Crippen LogP contribution < -0.4 is 11.1 Å². The van der Waals surface area contributed by atoms with E-state index < -0.39 is 0 Å². The number of hydrogen-bond acceptors (Lipinski definition) is 2. The summed E-state index contributed by atoms with van der Waals surface area (Å²) in [4.78, 5) is 11.9. The zero-order chi connectivity index (χ0) is 12.0. The first-order valence-electron chi connectivity index (χ1n) is 5.36. The van der Waals surface area contributed by atoms with Gasteiger partial charge in [0.1, 0.15) is 11.5 Å². The molecular weight excluding hydrogens is 222 g/mol. The van der Waals surface area contributed by atoms with E-state index in [9.17, 15) is 4.79 Å². The second-order valence-electron chi connectivity index (χ2n) is 3.59. The summed E-state index contributed by atoms with van der Waals surface area (Å²) in [5, 5.41) is 2.84. The molecule has 0 spiro atoms. The molecule has 0 aliphatic carbocycles. The van der Waals surface area contributed by atoms with E-state index in [1.165, 1.54) is 0 Å². The Morgan fingerprint density at radius 3 is 3.00 bits per heavy atom. The molecule has 0 aromatic carbocycles. The van der Waals surface area contributed by atoms with Crippen molar-refractivity contribution in [3.63, 3.8) is 0 Å². The van der Waals surface area contributed by atoms with Crippen LogP contribution in [0, 0.1) is 0 Å². The number of hydrogen-bond donors (Lipinski definition) is 2. The van der Waals surface area contributed by atoms with E-state index in [0.29, 0.717) is 4.99 Å². The summed E-state index contributed by atoms with van der Waals surface area (Å²) in [5.74, 6) is -0.0119. The first kappa shape index (κ1) is 12.7. The monoisotopic (exact) mass is 239 g/mol. The Bertz CT molecular complexity index is 373. The van der Waals surface area contributed by atoms with Gasteiger partial charge in [-0.3, -0.25) is 4.79 Å². The Balaban J connectivity index is 2.49. The number of nitrogens with two attached hydrogens (primary N) is 1. The lowest BCUT2D eigenvalue weighted by Crippen LogP contribution is -2.29. The highest BCUT2D eigenvalue weighted by Gasteiger charge is 2.07. The molecule has 0 radical (unpaired) electrons. The normalized spacial score (nSPS) is 10.1. The molecule has 0 atom stereocenters. The molecule has 1 aromatic heterocycles. The van der Waals surface area contributed by atoms with Gasteiger partial charge in [0.15, 0.2) is 0 Å². The molecule has 4 nitrogen and oxygen atoms in total. The van der Waals surface area contributed by atoms with Crippen molar-refractivity contribution in [1.82, 2.24) is 9.88 Å². The molecule has 0 aliphatic heterocycles. The van der Waals surface area contributed by atoms with Crippen LogP contribution in [0.5, 0.6) is 0 Å². The summed E-state index contributed by atoms with van der Waals surface area (Å²) >= 11 is 4.89. The maximum Gasteiger partial charge on any atom is 0.239 e. The summed E-state index contributed by atoms with van der Waals surface area (Å²) in [7, 11) is 0. The van der Waals surface area contributed by atoms with Crippen LogP contribution in [0.15, 0.2) is 18.3 Å². The summed E-state index contributed by atoms with van der Waals surface area (Å²) in [6, 6.07) is 3.63. The molecule has 1 heterocycles. The number of nitrogens with zero attached hydrogens (tertiary/aromatic N) is 1. The predicted molar refractivity (Wildman–Crippen MR) is 68.2 cm³/mol. The number of unbranched alkanes of at least 4 members (excludes halogenated alkanes) is 1. The Hall–Kier alpha value is -1.36. The topological polar surface area (TPSA) is 60.0 Å². The summed E-state index contributed by atoms with van der Waals surface area (Å²) in [6.45, 7) is 3.07. The van der Waals surface area contributed by atoms with E-state index >= 15 is 0 Å². The zero-order valence-electron chi connectivity index (χ0n) is 9.40. The lowest BCUT2D eigenvalue weighted by molar-refractivity contribution is -0.121. The van der Waals surface area contributed by atoms with Gasteiger partial charge in [-0.15, -0.1) is 0 Å². The third-order valence-electron chi connectivity index (χ3n) is 2.25. The van der Waals surface area contributed by atoms with Crippen LogP contribution in [0.3, 0.4) is 0 Å². The van der Waals surface area contributed by atoms with Gasteiger partial charge in [-0.25, -0.2) is 0 Å². The fourth-order valence-electron chi connectivity index (χ4n) is 1.39. The van der Waals surface area contributed by atoms with E-state index in [0.717, 1.165) is 25.1 Å². The number of aromatic nitrogens is 1. The highest BCUT2D eigenvalue weighted by atomic mass is 32.1. The molecule has 0 fully saturated rings. The minimum Gasteiger partial charge on any atom is -0.388 e. The number of amides is 1. The van der Waals surface area contributed by atoms with Crippen molar-refractivity contribution in [3.05, 3.63) is 24.0 Å². The molecule has 0 aliphatic rings. The number of nitrogens with one attached hydrogen (secondary N) is 1. The van der Waals surface area contributed by atoms with Gasteiger partial charge in [0.2, 0.25) is 5.91 Å². The van der Waals surface area contributed by atoms with Crippen LogP contribution in [0.4, 0.5) is 0 Å². The molecule has 5 heteroatoms. The standard InChI is InChI=1S/C11H17N3OS/c1-2-3-6-13-10(15)8-14-7-4-5-9(14)11(12)16/h4-5,7H,2-3,6,8H2,1H3,(H2,12,16)(H,13,15). The van der Waals surface area contributed by atoms with Crippen molar-refractivity contribution in [2.24, 2.45) is 5.73 Å². The van der Waals surface area contributed by atoms with Crippen molar-refractivity contribution in [1.29, 1.82) is 0 Å². The third-order valence-corrected chi connectivity index (χ3v) is 2.46. The van der Waals surface area contributed by atoms with E-state index in [4.69, 9.17) is 18.0 Å². The molecule has 0 bridgehead atoms. The molecular formula is C11H17N3OS. The zero-order valence-corrected chi connectivity index (χ0v) is 10.2. The van der Waals surface area contributed by atoms with Crippen LogP contribution in [-0.4, -0.2) is 22.0 Å². The molecule has 0 saturated carbocycles. The fourth-order valence-corrected chi connectivity index (χ4v) is 1.58. The van der Waals surface area contributed by atoms with E-state index in [-0.39, 0.29) is 12.5 Å². The molecule has 1 amide bonds. The molecule has 1 aromatic rings. The smallest absolute Gasteiger partial charge is 0.239 e. The highest BCUT2D eigenvalue weighted by Crippen LogP contribution is 2.01. The van der Waals surface area contributed by atoms with Crippen LogP contribution in [0.1, 0.15) is 25.5 Å². The van der Waals surface area contributed by atoms with Gasteiger partial charge < -0.3 is 15.6 Å². The van der Waals surface area contributed by atoms with Crippen LogP contribution in [0.2, 0.25) is 0 Å². The third kappa shape index (κ3) is 3.66. The second-order valence-corrected chi connectivity index (χ2v) is 4.03. The average Bonchev–Trinajstić information content (AvgIpc) is 2.66. The first-order valence-corrected chi connectivity index (χ1v) is 5.77. The minimum absolute atomic E-state index is 0.0119. The molecule has 0 unspecified atom stereocenters. The maximum atomic E-state index is 11.5. The number of carbonyl (C=O) groups excluding carboxylic acids is 1. The number of rotatable bonds is 6. The van der Waals surface area contributed by atoms with Gasteiger partial charge >= 0.3 is 0 Å². The van der Waals surface area contributed by atoms with Crippen molar-refractivity contribution < 1.29 is 4.79 Å². The second kappa shape index (κ2) is 6.27. The molecule has 88 valence electrons. The van der Waals surface area contributed by atoms with Crippen molar-refractivity contribution in [2.45, 2.75) is 26.3 Å². The summed E-state index contributed by atoms with van der Waals surface area (Å²) in [5.41, 5.74) is 6.26. The van der Waals surface area contributed by atoms with E-state index in [1.54, 1.807) is 10.8 Å². The fraction of sp³-hybridized carbons (Fsp3) is 0.455. The Labute approximate surface area is 101 Å². The largest absolute Gasteiger partial charge is 0.388 e. The quantitative estimate of drug-likeness (QED) is 0.576. The molecule has 3 N–H and O–H groups in total. The Kier molecular flexibility index (Phi) is 4.98. The average molecular weight is 239 g/mol. The van der Waals surface area contributed by atoms with Gasteiger partial charge in [0.25, 0.3) is 0 Å². The van der Waals surface area contributed by atoms with Gasteiger partial charge in [0, 0.05) is 12.7 Å². The van der Waals surface area contributed by atoms with Crippen LogP contribution in [-0.2, 0) is 11.3 Å². The summed E-state index contributed by atoms with van der Waals surface area (Å²) < 4.78 is 1.75. The highest BCUT2D eigenvalue weighted by molar-refractivity contribution is 7.80. The van der Waals surface area contributed by atoms with Crippen molar-refractivity contribution in [2.75, 3.05) is 6.54 Å². The molecule has 0 saturated heterocycles. The number of thiocarbonyl (C=S) groups is 1. The van der Waals surface area contributed by atoms with Gasteiger partial charge in [-0.1, -0.05) is 25.6 Å².